The van der Waals surface area contributed by atoms with Crippen molar-refractivity contribution in [3.63, 3.8) is 0 Å². The molecule has 2 atom stereocenters. The Kier molecular flexibility index (Phi) is 11.5. The molecule has 2 rings (SSSR count). The van der Waals surface area contributed by atoms with Crippen molar-refractivity contribution in [1.29, 1.82) is 0 Å². The van der Waals surface area contributed by atoms with Gasteiger partial charge in [-0.2, -0.15) is 0 Å². The Morgan fingerprint density at radius 3 is 2.14 bits per heavy atom. The number of nitrogens with zero attached hydrogens (tertiary/aromatic N) is 2. The van der Waals surface area contributed by atoms with Gasteiger partial charge in [-0.05, 0) is 41.4 Å². The number of aromatic nitrogens is 2. The normalized spacial score (nSPS) is 14.2. The summed E-state index contributed by atoms with van der Waals surface area (Å²) in [5.74, 6) is 0.137. The molecule has 0 saturated carbocycles. The lowest BCUT2D eigenvalue weighted by atomic mass is 10.0. The Bertz CT molecular complexity index is 1230. The molecule has 1 aromatic heterocycles. The first kappa shape index (κ1) is 29.7. The number of alkyl halides is 2. The number of aromatic hydroxyl groups is 1. The maximum absolute atomic E-state index is 15.3. The minimum absolute atomic E-state index is 0.225. The van der Waals surface area contributed by atoms with Gasteiger partial charge in [0, 0.05) is 12.8 Å². The Hall–Kier alpha value is -3.48. The maximum Gasteiger partial charge on any atom is 0.338 e. The average Bonchev–Trinajstić information content (AvgIpc) is 2.79. The van der Waals surface area contributed by atoms with Crippen LogP contribution < -0.4 is 11.2 Å². The fourth-order valence-corrected chi connectivity index (χ4v) is 3.88. The van der Waals surface area contributed by atoms with E-state index >= 15 is 8.78 Å². The molecule has 2 aromatic rings. The van der Waals surface area contributed by atoms with E-state index in [1.165, 1.54) is 6.08 Å². The summed E-state index contributed by atoms with van der Waals surface area (Å²) in [6, 6.07) is 7.96. The number of halogens is 2. The van der Waals surface area contributed by atoms with Crippen LogP contribution in [0.5, 0.6) is 5.88 Å². The van der Waals surface area contributed by atoms with Gasteiger partial charge < -0.3 is 5.11 Å². The number of hydrogen-bond donors (Lipinski definition) is 1. The number of benzene rings is 1. The quantitative estimate of drug-likeness (QED) is 0.302. The largest absolute Gasteiger partial charge is 0.494 e. The van der Waals surface area contributed by atoms with Crippen LogP contribution in [-0.2, 0) is 12.8 Å². The predicted octanol–water partition coefficient (Wildman–Crippen LogP) is 6.75. The molecule has 0 radical (unpaired) electrons. The summed E-state index contributed by atoms with van der Waals surface area (Å²) >= 11 is 0. The third-order valence-corrected chi connectivity index (χ3v) is 5.68. The molecular weight excluding hydrogens is 474 g/mol. The fourth-order valence-electron chi connectivity index (χ4n) is 3.88. The van der Waals surface area contributed by atoms with Crippen molar-refractivity contribution in [3.05, 3.63) is 111 Å². The highest BCUT2D eigenvalue weighted by Gasteiger charge is 2.23. The lowest BCUT2D eigenvalue weighted by molar-refractivity contribution is 0.178. The van der Waals surface area contributed by atoms with Crippen molar-refractivity contribution < 1.29 is 13.9 Å². The van der Waals surface area contributed by atoms with Gasteiger partial charge in [-0.3, -0.25) is 4.79 Å². The van der Waals surface area contributed by atoms with Gasteiger partial charge in [-0.25, -0.2) is 22.7 Å². The molecule has 200 valence electrons. The third kappa shape index (κ3) is 9.16. The Balaban J connectivity index is 2.27. The number of allylic oxidation sites excluding steroid dienone is 7. The number of rotatable bonds is 13. The molecule has 1 aromatic carbocycles. The van der Waals surface area contributed by atoms with Gasteiger partial charge in [0.25, 0.3) is 5.56 Å². The molecule has 1 N–H and O–H groups in total. The Labute approximate surface area is 217 Å². The van der Waals surface area contributed by atoms with Crippen LogP contribution in [-0.4, -0.2) is 14.2 Å². The second-order valence-electron chi connectivity index (χ2n) is 9.95. The van der Waals surface area contributed by atoms with Crippen LogP contribution in [0.2, 0.25) is 0 Å². The van der Waals surface area contributed by atoms with Crippen LogP contribution in [0.4, 0.5) is 8.78 Å². The van der Waals surface area contributed by atoms with Crippen LogP contribution in [0.3, 0.4) is 0 Å². The monoisotopic (exact) mass is 512 g/mol. The summed E-state index contributed by atoms with van der Waals surface area (Å²) in [7, 11) is 0. The van der Waals surface area contributed by atoms with E-state index in [9.17, 15) is 14.7 Å². The van der Waals surface area contributed by atoms with E-state index in [1.54, 1.807) is 30.4 Å². The Morgan fingerprint density at radius 1 is 0.946 bits per heavy atom. The van der Waals surface area contributed by atoms with E-state index in [0.29, 0.717) is 38.2 Å². The average molecular weight is 513 g/mol. The van der Waals surface area contributed by atoms with Crippen molar-refractivity contribution in [1.82, 2.24) is 9.13 Å². The van der Waals surface area contributed by atoms with E-state index in [2.05, 4.69) is 34.3 Å². The van der Waals surface area contributed by atoms with Crippen molar-refractivity contribution in [2.75, 3.05) is 0 Å². The molecule has 0 bridgehead atoms. The molecule has 7 heteroatoms. The molecule has 2 unspecified atom stereocenters. The van der Waals surface area contributed by atoms with Crippen molar-refractivity contribution >= 4 is 0 Å². The van der Waals surface area contributed by atoms with Crippen LogP contribution in [0, 0.1) is 11.8 Å². The molecule has 0 amide bonds. The van der Waals surface area contributed by atoms with Crippen LogP contribution >= 0.6 is 0 Å². The minimum Gasteiger partial charge on any atom is -0.494 e. The van der Waals surface area contributed by atoms with Crippen LogP contribution in [0.1, 0.15) is 64.3 Å². The zero-order chi connectivity index (χ0) is 27.5. The van der Waals surface area contributed by atoms with Gasteiger partial charge in [0.2, 0.25) is 5.88 Å². The SMILES string of the molecule is C=CC=C(C=CC=CCC(C)C)CC(F)n1c(=O)cc(O)n(C(F)Cc2ccc(CC(C)C)cc2)c1=O. The summed E-state index contributed by atoms with van der Waals surface area (Å²) in [6.45, 7) is 12.0. The first-order chi connectivity index (χ1) is 17.5. The molecule has 0 saturated heterocycles. The van der Waals surface area contributed by atoms with Crippen LogP contribution in [0.25, 0.3) is 0 Å². The second kappa shape index (κ2) is 14.3. The highest BCUT2D eigenvalue weighted by Crippen LogP contribution is 2.22. The predicted molar refractivity (Wildman–Crippen MR) is 146 cm³/mol. The van der Waals surface area contributed by atoms with Crippen molar-refractivity contribution in [2.45, 2.75) is 66.0 Å². The molecule has 1 heterocycles. The smallest absolute Gasteiger partial charge is 0.338 e. The highest BCUT2D eigenvalue weighted by molar-refractivity contribution is 5.26. The van der Waals surface area contributed by atoms with Crippen molar-refractivity contribution in [2.24, 2.45) is 11.8 Å². The lowest BCUT2D eigenvalue weighted by Gasteiger charge is -2.18. The molecule has 0 aliphatic rings. The second-order valence-corrected chi connectivity index (χ2v) is 9.95. The van der Waals surface area contributed by atoms with Gasteiger partial charge in [-0.15, -0.1) is 0 Å². The molecule has 37 heavy (non-hydrogen) atoms. The van der Waals surface area contributed by atoms with Crippen molar-refractivity contribution in [3.8, 4) is 5.88 Å². The molecule has 0 aliphatic carbocycles. The first-order valence-electron chi connectivity index (χ1n) is 12.6. The van der Waals surface area contributed by atoms with Crippen LogP contribution in [0.15, 0.2) is 88.5 Å². The van der Waals surface area contributed by atoms with Gasteiger partial charge >= 0.3 is 5.69 Å². The zero-order valence-electron chi connectivity index (χ0n) is 22.1. The van der Waals surface area contributed by atoms with E-state index in [0.717, 1.165) is 18.4 Å². The van der Waals surface area contributed by atoms with Gasteiger partial charge in [-0.1, -0.05) is 95.0 Å². The summed E-state index contributed by atoms with van der Waals surface area (Å²) in [4.78, 5) is 25.4. The molecular formula is C30H38F2N2O3. The molecule has 0 aliphatic heterocycles. The number of hydrogen-bond acceptors (Lipinski definition) is 3. The van der Waals surface area contributed by atoms with E-state index < -0.39 is 29.7 Å². The third-order valence-electron chi connectivity index (χ3n) is 5.68. The summed E-state index contributed by atoms with van der Waals surface area (Å²) < 4.78 is 31.3. The van der Waals surface area contributed by atoms with Gasteiger partial charge in [0.15, 0.2) is 12.6 Å². The maximum atomic E-state index is 15.3. The van der Waals surface area contributed by atoms with E-state index in [1.807, 2.05) is 24.3 Å². The lowest BCUT2D eigenvalue weighted by Crippen LogP contribution is -2.41. The highest BCUT2D eigenvalue weighted by atomic mass is 19.1. The standard InChI is InChI=1S/C30H38F2N2O3/c1-6-10-23(12-9-7-8-11-21(2)3)18-26(31)33-28(35)20-29(36)34(30(33)37)27(32)19-25-15-13-24(14-16-25)17-22(4)5/h6-10,12-16,20-22,26-27,36H,1,11,17-19H2,2-5H3. The summed E-state index contributed by atoms with van der Waals surface area (Å²) in [6.07, 6.45) is 7.47. The summed E-state index contributed by atoms with van der Waals surface area (Å²) in [5.41, 5.74) is -0.0973. The van der Waals surface area contributed by atoms with E-state index in [4.69, 9.17) is 0 Å². The topological polar surface area (TPSA) is 64.2 Å². The molecule has 0 spiro atoms. The minimum atomic E-state index is -2.06. The Morgan fingerprint density at radius 2 is 1.57 bits per heavy atom. The summed E-state index contributed by atoms with van der Waals surface area (Å²) in [5, 5.41) is 10.2. The van der Waals surface area contributed by atoms with Gasteiger partial charge in [0.05, 0.1) is 6.07 Å². The molecule has 5 nitrogen and oxygen atoms in total. The first-order valence-corrected chi connectivity index (χ1v) is 12.6. The zero-order valence-corrected chi connectivity index (χ0v) is 22.1. The fraction of sp³-hybridized carbons (Fsp3) is 0.400. The van der Waals surface area contributed by atoms with E-state index in [-0.39, 0.29) is 12.8 Å². The molecule has 0 fully saturated rings. The van der Waals surface area contributed by atoms with Gasteiger partial charge in [0.1, 0.15) is 0 Å².